The molecule has 1 aromatic rings. The maximum absolute atomic E-state index is 11.9. The zero-order valence-corrected chi connectivity index (χ0v) is 10.6. The molecule has 2 rings (SSSR count). The van der Waals surface area contributed by atoms with E-state index in [1.165, 1.54) is 0 Å². The van der Waals surface area contributed by atoms with E-state index >= 15 is 0 Å². The van der Waals surface area contributed by atoms with Gasteiger partial charge in [-0.1, -0.05) is 0 Å². The first-order chi connectivity index (χ1) is 8.69. The van der Waals surface area contributed by atoms with Gasteiger partial charge in [-0.3, -0.25) is 4.79 Å². The lowest BCUT2D eigenvalue weighted by Crippen LogP contribution is -2.26. The number of carbonyl (C=O) groups is 1. The van der Waals surface area contributed by atoms with E-state index < -0.39 is 0 Å². The summed E-state index contributed by atoms with van der Waals surface area (Å²) in [4.78, 5) is 13.7. The number of rotatable bonds is 4. The number of amides is 1. The first-order valence-corrected chi connectivity index (χ1v) is 6.33. The summed E-state index contributed by atoms with van der Waals surface area (Å²) in [5, 5.41) is 8.88. The highest BCUT2D eigenvalue weighted by Gasteiger charge is 2.24. The van der Waals surface area contributed by atoms with Crippen molar-refractivity contribution in [3.63, 3.8) is 0 Å². The van der Waals surface area contributed by atoms with Gasteiger partial charge in [0.15, 0.2) is 0 Å². The molecule has 0 saturated carbocycles. The van der Waals surface area contributed by atoms with Gasteiger partial charge in [0.2, 0.25) is 5.91 Å². The van der Waals surface area contributed by atoms with Crippen LogP contribution >= 0.6 is 0 Å². The van der Waals surface area contributed by atoms with Gasteiger partial charge in [0, 0.05) is 25.8 Å². The van der Waals surface area contributed by atoms with Gasteiger partial charge < -0.3 is 14.4 Å². The molecule has 1 saturated heterocycles. The molecular formula is C14H19NO3. The summed E-state index contributed by atoms with van der Waals surface area (Å²) < 4.78 is 5.37. The van der Waals surface area contributed by atoms with Gasteiger partial charge in [-0.15, -0.1) is 0 Å². The Balaban J connectivity index is 1.87. The highest BCUT2D eigenvalue weighted by atomic mass is 16.3. The van der Waals surface area contributed by atoms with Crippen LogP contribution in [0.1, 0.15) is 24.4 Å². The van der Waals surface area contributed by atoms with E-state index in [0.29, 0.717) is 11.7 Å². The smallest absolute Gasteiger partial charge is 0.246 e. The Morgan fingerprint density at radius 1 is 1.61 bits per heavy atom. The average molecular weight is 249 g/mol. The lowest BCUT2D eigenvalue weighted by molar-refractivity contribution is -0.125. The van der Waals surface area contributed by atoms with Crippen LogP contribution in [-0.4, -0.2) is 35.6 Å². The van der Waals surface area contributed by atoms with Crippen molar-refractivity contribution in [1.29, 1.82) is 0 Å². The molecule has 1 fully saturated rings. The topological polar surface area (TPSA) is 53.7 Å². The highest BCUT2D eigenvalue weighted by molar-refractivity contribution is 5.91. The summed E-state index contributed by atoms with van der Waals surface area (Å²) in [5.41, 5.74) is 0. The standard InChI is InChI=1S/C14H19NO3/c1-11-2-3-13(18-11)4-5-14(17)15-8-6-12(10-15)7-9-16/h2-5,12,16H,6-10H2,1H3/b5-4+. The fraction of sp³-hybridized carbons (Fsp3) is 0.500. The molecule has 1 N–H and O–H groups in total. The van der Waals surface area contributed by atoms with Crippen LogP contribution in [0.5, 0.6) is 0 Å². The molecule has 2 heterocycles. The number of nitrogens with zero attached hydrogens (tertiary/aromatic N) is 1. The molecule has 0 aromatic carbocycles. The molecule has 1 aliphatic heterocycles. The Labute approximate surface area is 107 Å². The molecule has 18 heavy (non-hydrogen) atoms. The van der Waals surface area contributed by atoms with Crippen LogP contribution in [0.25, 0.3) is 6.08 Å². The maximum Gasteiger partial charge on any atom is 0.246 e. The monoisotopic (exact) mass is 249 g/mol. The molecule has 1 atom stereocenters. The lowest BCUT2D eigenvalue weighted by Gasteiger charge is -2.13. The number of carbonyl (C=O) groups excluding carboxylic acids is 1. The van der Waals surface area contributed by atoms with Gasteiger partial charge in [-0.05, 0) is 43.9 Å². The SMILES string of the molecule is Cc1ccc(/C=C/C(=O)N2CCC(CCO)C2)o1. The molecule has 4 nitrogen and oxygen atoms in total. The van der Waals surface area contributed by atoms with Crippen LogP contribution in [0, 0.1) is 12.8 Å². The van der Waals surface area contributed by atoms with E-state index in [2.05, 4.69) is 0 Å². The van der Waals surface area contributed by atoms with Gasteiger partial charge in [-0.2, -0.15) is 0 Å². The third kappa shape index (κ3) is 3.23. The maximum atomic E-state index is 11.9. The second kappa shape index (κ2) is 5.87. The number of aryl methyl sites for hydroxylation is 1. The molecule has 1 amide bonds. The minimum absolute atomic E-state index is 0.0180. The molecule has 0 aliphatic carbocycles. The first-order valence-electron chi connectivity index (χ1n) is 6.33. The van der Waals surface area contributed by atoms with Crippen molar-refractivity contribution in [3.05, 3.63) is 29.7 Å². The number of hydrogen-bond acceptors (Lipinski definition) is 3. The number of likely N-dealkylation sites (tertiary alicyclic amines) is 1. The van der Waals surface area contributed by atoms with Crippen molar-refractivity contribution in [2.75, 3.05) is 19.7 Å². The van der Waals surface area contributed by atoms with Gasteiger partial charge in [0.25, 0.3) is 0 Å². The normalized spacial score (nSPS) is 19.9. The van der Waals surface area contributed by atoms with Gasteiger partial charge in [-0.25, -0.2) is 0 Å². The van der Waals surface area contributed by atoms with Crippen LogP contribution in [0.4, 0.5) is 0 Å². The Hall–Kier alpha value is -1.55. The fourth-order valence-electron chi connectivity index (χ4n) is 2.25. The van der Waals surface area contributed by atoms with Crippen LogP contribution in [0.15, 0.2) is 22.6 Å². The molecule has 0 spiro atoms. The third-order valence-corrected chi connectivity index (χ3v) is 3.29. The van der Waals surface area contributed by atoms with Crippen LogP contribution < -0.4 is 0 Å². The molecular weight excluding hydrogens is 230 g/mol. The lowest BCUT2D eigenvalue weighted by atomic mass is 10.1. The zero-order chi connectivity index (χ0) is 13.0. The minimum atomic E-state index is 0.0180. The van der Waals surface area contributed by atoms with Crippen molar-refractivity contribution in [2.24, 2.45) is 5.92 Å². The van der Waals surface area contributed by atoms with Crippen molar-refractivity contribution in [2.45, 2.75) is 19.8 Å². The van der Waals surface area contributed by atoms with E-state index in [1.807, 2.05) is 24.0 Å². The van der Waals surface area contributed by atoms with Crippen molar-refractivity contribution < 1.29 is 14.3 Å². The molecule has 4 heteroatoms. The predicted molar refractivity (Wildman–Crippen MR) is 68.9 cm³/mol. The Morgan fingerprint density at radius 2 is 2.44 bits per heavy atom. The van der Waals surface area contributed by atoms with Gasteiger partial charge in [0.1, 0.15) is 11.5 Å². The van der Waals surface area contributed by atoms with Gasteiger partial charge in [0.05, 0.1) is 0 Å². The van der Waals surface area contributed by atoms with Crippen LogP contribution in [0.3, 0.4) is 0 Å². The summed E-state index contributed by atoms with van der Waals surface area (Å²) >= 11 is 0. The fourth-order valence-corrected chi connectivity index (χ4v) is 2.25. The average Bonchev–Trinajstić information content (AvgIpc) is 2.96. The molecule has 0 radical (unpaired) electrons. The Kier molecular flexibility index (Phi) is 4.20. The van der Waals surface area contributed by atoms with Gasteiger partial charge >= 0.3 is 0 Å². The number of hydrogen-bond donors (Lipinski definition) is 1. The first kappa shape index (κ1) is 12.9. The van der Waals surface area contributed by atoms with E-state index in [4.69, 9.17) is 9.52 Å². The zero-order valence-electron chi connectivity index (χ0n) is 10.6. The number of furan rings is 1. The Bertz CT molecular complexity index is 436. The van der Waals surface area contributed by atoms with E-state index in [1.54, 1.807) is 12.2 Å². The Morgan fingerprint density at radius 3 is 3.11 bits per heavy atom. The highest BCUT2D eigenvalue weighted by Crippen LogP contribution is 2.19. The van der Waals surface area contributed by atoms with E-state index in [0.717, 1.165) is 31.7 Å². The largest absolute Gasteiger partial charge is 0.462 e. The van der Waals surface area contributed by atoms with Crippen molar-refractivity contribution in [3.8, 4) is 0 Å². The molecule has 1 aliphatic rings. The van der Waals surface area contributed by atoms with E-state index in [9.17, 15) is 4.79 Å². The van der Waals surface area contributed by atoms with E-state index in [-0.39, 0.29) is 12.5 Å². The summed E-state index contributed by atoms with van der Waals surface area (Å²) in [6.45, 7) is 3.61. The van der Waals surface area contributed by atoms with Crippen LogP contribution in [-0.2, 0) is 4.79 Å². The second-order valence-corrected chi connectivity index (χ2v) is 4.73. The summed E-state index contributed by atoms with van der Waals surface area (Å²) in [6.07, 6.45) is 5.03. The third-order valence-electron chi connectivity index (χ3n) is 3.29. The summed E-state index contributed by atoms with van der Waals surface area (Å²) in [6, 6.07) is 3.72. The van der Waals surface area contributed by atoms with Crippen LogP contribution in [0.2, 0.25) is 0 Å². The summed E-state index contributed by atoms with van der Waals surface area (Å²) in [5.74, 6) is 2.00. The number of aliphatic hydroxyl groups excluding tert-OH is 1. The number of aliphatic hydroxyl groups is 1. The van der Waals surface area contributed by atoms with Crippen molar-refractivity contribution in [1.82, 2.24) is 4.90 Å². The molecule has 98 valence electrons. The summed E-state index contributed by atoms with van der Waals surface area (Å²) in [7, 11) is 0. The molecule has 1 aromatic heterocycles. The minimum Gasteiger partial charge on any atom is -0.462 e. The second-order valence-electron chi connectivity index (χ2n) is 4.73. The molecule has 1 unspecified atom stereocenters. The predicted octanol–water partition coefficient (Wildman–Crippen LogP) is 1.83. The van der Waals surface area contributed by atoms with Crippen molar-refractivity contribution >= 4 is 12.0 Å². The molecule has 0 bridgehead atoms. The quantitative estimate of drug-likeness (QED) is 0.828.